The lowest BCUT2D eigenvalue weighted by Crippen LogP contribution is -3.03. The van der Waals surface area contributed by atoms with Gasteiger partial charge in [0.25, 0.3) is 0 Å². The van der Waals surface area contributed by atoms with E-state index in [9.17, 15) is 25.2 Å². The van der Waals surface area contributed by atoms with E-state index in [1.54, 1.807) is 14.2 Å². The van der Waals surface area contributed by atoms with Crippen molar-refractivity contribution in [1.29, 1.82) is 0 Å². The molecule has 0 aromatic carbocycles. The Morgan fingerprint density at radius 3 is 2.41 bits per heavy atom. The van der Waals surface area contributed by atoms with E-state index in [1.165, 1.54) is 0 Å². The number of hydrogen-bond acceptors (Lipinski definition) is 10. The average molecular weight is 763 g/mol. The third-order valence-electron chi connectivity index (χ3n) is 15.9. The van der Waals surface area contributed by atoms with Crippen molar-refractivity contribution >= 4 is 5.97 Å². The predicted octanol–water partition coefficient (Wildman–Crippen LogP) is 0.104. The van der Waals surface area contributed by atoms with Crippen LogP contribution in [0.2, 0.25) is 0 Å². The fraction of sp³-hybridized carbons (Fsp3) is 0.929. The molecule has 3 saturated carbocycles. The third-order valence-corrected chi connectivity index (χ3v) is 15.9. The van der Waals surface area contributed by atoms with Crippen molar-refractivity contribution in [3.05, 3.63) is 12.2 Å². The number of methoxy groups -OCH3 is 2. The smallest absolute Gasteiger partial charge is 0.137 e. The molecule has 3 aliphatic heterocycles. The summed E-state index contributed by atoms with van der Waals surface area (Å²) in [5.74, 6) is -0.832. The second-order valence-corrected chi connectivity index (χ2v) is 19.0. The number of allylic oxidation sites excluding steroid dienone is 1. The number of hydrogen-bond donors (Lipinski definition) is 6. The van der Waals surface area contributed by atoms with E-state index in [1.807, 2.05) is 6.08 Å². The Balaban J connectivity index is 1.09. The van der Waals surface area contributed by atoms with Crippen LogP contribution >= 0.6 is 0 Å². The van der Waals surface area contributed by atoms with Gasteiger partial charge in [0.1, 0.15) is 18.3 Å². The molecule has 54 heavy (non-hydrogen) atoms. The Bertz CT molecular complexity index is 1280. The predicted molar refractivity (Wildman–Crippen MR) is 198 cm³/mol. The molecule has 12 nitrogen and oxygen atoms in total. The molecule has 17 atom stereocenters. The first-order valence-corrected chi connectivity index (χ1v) is 21.7. The molecule has 6 fully saturated rings. The second kappa shape index (κ2) is 17.3. The molecule has 0 aromatic heterocycles. The van der Waals surface area contributed by atoms with E-state index in [-0.39, 0.29) is 47.8 Å². The van der Waals surface area contributed by atoms with Gasteiger partial charge in [-0.05, 0) is 107 Å². The summed E-state index contributed by atoms with van der Waals surface area (Å²) in [6.45, 7) is 3.56. The number of piperidine rings is 2. The van der Waals surface area contributed by atoms with Gasteiger partial charge in [-0.15, -0.1) is 0 Å². The van der Waals surface area contributed by atoms with Crippen molar-refractivity contribution in [2.75, 3.05) is 27.4 Å². The molecule has 0 aromatic rings. The first kappa shape index (κ1) is 41.0. The van der Waals surface area contributed by atoms with Crippen molar-refractivity contribution in [2.24, 2.45) is 46.2 Å². The molecule has 7 aliphatic rings. The Hall–Kier alpha value is -1.19. The lowest BCUT2D eigenvalue weighted by molar-refractivity contribution is -0.754. The zero-order chi connectivity index (χ0) is 38.2. The van der Waals surface area contributed by atoms with E-state index >= 15 is 0 Å². The standard InChI is InChI=1S/C42H71N3O9/c1-24-22-41(13-4-5-14-41)42(30(9-10-31(42)40(49)50)26-12-15-44-38(43)19-26)37(45-24)23-53-36-18-27(17-35(52-3)39(36)48)33-21-28(46)20-29(54-33)8-6-25-7-11-32(47)34(16-25)51-2/h9-10,24-39,44-48H,4-8,11-23,43H2,1-3H3,(H,49,50)/p+1. The third kappa shape index (κ3) is 7.96. The van der Waals surface area contributed by atoms with Gasteiger partial charge in [0.05, 0.1) is 61.9 Å². The highest BCUT2D eigenvalue weighted by Crippen LogP contribution is 2.67. The van der Waals surface area contributed by atoms with Gasteiger partial charge in [-0.1, -0.05) is 25.0 Å². The number of ether oxygens (including phenoxy) is 4. The molecule has 3 saturated heterocycles. The summed E-state index contributed by atoms with van der Waals surface area (Å²) in [4.78, 5) is 13.3. The van der Waals surface area contributed by atoms with Gasteiger partial charge in [0, 0.05) is 50.8 Å². The first-order chi connectivity index (χ1) is 26.0. The minimum absolute atomic E-state index is 0.0154. The summed E-state index contributed by atoms with van der Waals surface area (Å²) in [6, 6.07) is 0.186. The number of carbonyl (C=O) groups is 1. The molecule has 4 aliphatic carbocycles. The quantitative estimate of drug-likeness (QED) is 0.157. The highest BCUT2D eigenvalue weighted by Gasteiger charge is 2.70. The number of fused-ring (bicyclic) bond motifs is 1. The van der Waals surface area contributed by atoms with Crippen LogP contribution in [0.1, 0.15) is 110 Å². The maximum atomic E-state index is 13.3. The maximum Gasteiger partial charge on any atom is 0.137 e. The number of carboxylic acids is 1. The molecule has 0 amide bonds. The van der Waals surface area contributed by atoms with E-state index in [2.05, 4.69) is 23.6 Å². The number of quaternary nitrogens is 2. The summed E-state index contributed by atoms with van der Waals surface area (Å²) in [7, 11) is 3.31. The van der Waals surface area contributed by atoms with Crippen molar-refractivity contribution in [3.8, 4) is 0 Å². The lowest BCUT2D eigenvalue weighted by Gasteiger charge is -2.61. The van der Waals surface area contributed by atoms with Gasteiger partial charge in [-0.2, -0.15) is 0 Å². The summed E-state index contributed by atoms with van der Waals surface area (Å²) in [5.41, 5.74) is 5.84. The molecule has 12 heteroatoms. The summed E-state index contributed by atoms with van der Waals surface area (Å²) in [6.07, 6.45) is 15.1. The minimum atomic E-state index is -0.987. The minimum Gasteiger partial charge on any atom is -0.549 e. The van der Waals surface area contributed by atoms with Crippen molar-refractivity contribution in [3.63, 3.8) is 0 Å². The van der Waals surface area contributed by atoms with Crippen LogP contribution in [0.5, 0.6) is 0 Å². The topological polar surface area (TPSA) is 197 Å². The van der Waals surface area contributed by atoms with Gasteiger partial charge >= 0.3 is 0 Å². The number of aliphatic carboxylic acids is 1. The number of aliphatic hydroxyl groups is 3. The molecule has 0 radical (unpaired) electrons. The van der Waals surface area contributed by atoms with Gasteiger partial charge in [-0.3, -0.25) is 5.73 Å². The van der Waals surface area contributed by atoms with Crippen LogP contribution in [-0.2, 0) is 23.7 Å². The Morgan fingerprint density at radius 2 is 1.69 bits per heavy atom. The fourth-order valence-corrected chi connectivity index (χ4v) is 13.6. The molecular weight excluding hydrogens is 690 g/mol. The van der Waals surface area contributed by atoms with E-state index < -0.39 is 47.8 Å². The Labute approximate surface area is 322 Å². The number of nitrogens with two attached hydrogens (primary N) is 3. The van der Waals surface area contributed by atoms with Gasteiger partial charge < -0.3 is 54.8 Å². The van der Waals surface area contributed by atoms with Crippen LogP contribution in [0.3, 0.4) is 0 Å². The molecular formula is C42H72N3O9+. The Morgan fingerprint density at radius 1 is 0.926 bits per heavy atom. The van der Waals surface area contributed by atoms with Crippen molar-refractivity contribution in [2.45, 2.75) is 177 Å². The van der Waals surface area contributed by atoms with E-state index in [0.29, 0.717) is 50.2 Å². The zero-order valence-electron chi connectivity index (χ0n) is 33.1. The summed E-state index contributed by atoms with van der Waals surface area (Å²) in [5, 5.41) is 50.9. The van der Waals surface area contributed by atoms with Gasteiger partial charge in [0.2, 0.25) is 0 Å². The van der Waals surface area contributed by atoms with Crippen LogP contribution in [0.25, 0.3) is 0 Å². The van der Waals surface area contributed by atoms with Crippen LogP contribution in [-0.4, -0.2) is 116 Å². The normalized spacial score (nSPS) is 48.1. The highest BCUT2D eigenvalue weighted by atomic mass is 16.5. The van der Waals surface area contributed by atoms with Crippen LogP contribution in [0.15, 0.2) is 12.2 Å². The molecule has 17 unspecified atom stereocenters. The fourth-order valence-electron chi connectivity index (χ4n) is 13.6. The highest BCUT2D eigenvalue weighted by molar-refractivity contribution is 5.73. The average Bonchev–Trinajstić information content (AvgIpc) is 3.79. The summed E-state index contributed by atoms with van der Waals surface area (Å²) < 4.78 is 25.2. The number of aliphatic hydroxyl groups excluding tert-OH is 3. The van der Waals surface area contributed by atoms with Gasteiger partial charge in [-0.25, -0.2) is 0 Å². The van der Waals surface area contributed by atoms with Crippen molar-refractivity contribution < 1.29 is 54.8 Å². The van der Waals surface area contributed by atoms with Crippen LogP contribution in [0.4, 0.5) is 0 Å². The maximum absolute atomic E-state index is 13.3. The first-order valence-electron chi connectivity index (χ1n) is 21.7. The SMILES string of the molecule is COC1CC(CCC2CC(O)CC(C3CC(OC)C(O)C(OCC4[NH2+]C(C)CC5(CCCC5)C45C(C(=O)[O-])C=CC5C4CC[NH2+]C(N)C4)C3)O2)CCC1O. The van der Waals surface area contributed by atoms with E-state index in [4.69, 9.17) is 24.7 Å². The molecule has 0 bridgehead atoms. The molecule has 7 rings (SSSR count). The second-order valence-electron chi connectivity index (χ2n) is 19.0. The monoisotopic (exact) mass is 763 g/mol. The Kier molecular flexibility index (Phi) is 13.2. The van der Waals surface area contributed by atoms with Gasteiger partial charge in [0.15, 0.2) is 0 Å². The molecule has 3 heterocycles. The van der Waals surface area contributed by atoms with Crippen molar-refractivity contribution in [1.82, 2.24) is 0 Å². The number of carbonyl (C=O) groups excluding carboxylic acids is 1. The van der Waals surface area contributed by atoms with Crippen LogP contribution < -0.4 is 21.5 Å². The van der Waals surface area contributed by atoms with Crippen LogP contribution in [0, 0.1) is 40.4 Å². The molecule has 2 spiro atoms. The largest absolute Gasteiger partial charge is 0.549 e. The lowest BCUT2D eigenvalue weighted by atomic mass is 9.45. The molecule has 9 N–H and O–H groups in total. The summed E-state index contributed by atoms with van der Waals surface area (Å²) >= 11 is 0. The number of rotatable bonds is 11. The molecule has 308 valence electrons. The van der Waals surface area contributed by atoms with E-state index in [0.717, 1.165) is 83.6 Å². The number of carboxylic acid groups (broad SMARTS) is 1. The zero-order valence-corrected chi connectivity index (χ0v) is 33.1.